The Labute approximate surface area is 177 Å². The molecular weight excluding hydrogens is 398 g/mol. The van der Waals surface area contributed by atoms with Gasteiger partial charge >= 0.3 is 0 Å². The molecule has 0 bridgehead atoms. The highest BCUT2D eigenvalue weighted by Gasteiger charge is 2.15. The summed E-state index contributed by atoms with van der Waals surface area (Å²) < 4.78 is 12.9. The maximum atomic E-state index is 5.43. The van der Waals surface area contributed by atoms with E-state index in [1.807, 2.05) is 53.8 Å². The second-order valence-corrected chi connectivity index (χ2v) is 8.00. The van der Waals surface area contributed by atoms with Gasteiger partial charge in [0.1, 0.15) is 5.75 Å². The Kier molecular flexibility index (Phi) is 4.63. The standard InChI is InChI=1S/C22H19N5O2S/c1-13-4-6-15(7-5-13)21-23-19(26-29-21)12-30-22-25-24-20-10-14(2)17-9-8-16(28-3)11-18(17)27(20)22/h4-11H,12H2,1-3H3. The van der Waals surface area contributed by atoms with Crippen LogP contribution in [0.1, 0.15) is 17.0 Å². The number of rotatable bonds is 5. The summed E-state index contributed by atoms with van der Waals surface area (Å²) in [6.45, 7) is 4.12. The van der Waals surface area contributed by atoms with Gasteiger partial charge in [-0.25, -0.2) is 0 Å². The van der Waals surface area contributed by atoms with Crippen LogP contribution in [0.3, 0.4) is 0 Å². The maximum absolute atomic E-state index is 5.43. The number of nitrogens with zero attached hydrogens (tertiary/aromatic N) is 5. The van der Waals surface area contributed by atoms with Crippen molar-refractivity contribution in [1.82, 2.24) is 24.7 Å². The summed E-state index contributed by atoms with van der Waals surface area (Å²) in [5.74, 6) is 2.44. The zero-order valence-electron chi connectivity index (χ0n) is 16.8. The van der Waals surface area contributed by atoms with E-state index >= 15 is 0 Å². The lowest BCUT2D eigenvalue weighted by atomic mass is 10.1. The lowest BCUT2D eigenvalue weighted by Crippen LogP contribution is -1.95. The molecular formula is C22H19N5O2S. The highest BCUT2D eigenvalue weighted by atomic mass is 32.2. The second kappa shape index (κ2) is 7.46. The molecule has 0 spiro atoms. The number of thioether (sulfide) groups is 1. The number of pyridine rings is 1. The Hall–Kier alpha value is -3.39. The average molecular weight is 417 g/mol. The smallest absolute Gasteiger partial charge is 0.257 e. The molecule has 30 heavy (non-hydrogen) atoms. The maximum Gasteiger partial charge on any atom is 0.257 e. The highest BCUT2D eigenvalue weighted by Crippen LogP contribution is 2.30. The monoisotopic (exact) mass is 417 g/mol. The summed E-state index contributed by atoms with van der Waals surface area (Å²) in [5, 5.41) is 14.7. The van der Waals surface area contributed by atoms with E-state index in [2.05, 4.69) is 33.3 Å². The highest BCUT2D eigenvalue weighted by molar-refractivity contribution is 7.98. The molecule has 0 saturated carbocycles. The summed E-state index contributed by atoms with van der Waals surface area (Å²) in [6, 6.07) is 16.1. The minimum atomic E-state index is 0.516. The minimum Gasteiger partial charge on any atom is -0.497 e. The molecule has 0 saturated heterocycles. The fourth-order valence-corrected chi connectivity index (χ4v) is 4.17. The van der Waals surface area contributed by atoms with E-state index in [4.69, 9.17) is 9.26 Å². The topological polar surface area (TPSA) is 78.3 Å². The van der Waals surface area contributed by atoms with Crippen LogP contribution in [0.4, 0.5) is 0 Å². The molecule has 3 aromatic heterocycles. The van der Waals surface area contributed by atoms with Gasteiger partial charge in [0.2, 0.25) is 0 Å². The molecule has 0 aliphatic carbocycles. The summed E-state index contributed by atoms with van der Waals surface area (Å²) >= 11 is 1.52. The Morgan fingerprint density at radius 1 is 1.03 bits per heavy atom. The van der Waals surface area contributed by atoms with Gasteiger partial charge in [-0.05, 0) is 49.7 Å². The molecule has 0 radical (unpaired) electrons. The van der Waals surface area contributed by atoms with Gasteiger partial charge in [-0.15, -0.1) is 10.2 Å². The molecule has 8 heteroatoms. The summed E-state index contributed by atoms with van der Waals surface area (Å²) in [4.78, 5) is 4.52. The lowest BCUT2D eigenvalue weighted by Gasteiger charge is -2.09. The molecule has 3 heterocycles. The van der Waals surface area contributed by atoms with E-state index < -0.39 is 0 Å². The zero-order chi connectivity index (χ0) is 20.7. The number of ether oxygens (including phenoxy) is 1. The van der Waals surface area contributed by atoms with Crippen molar-refractivity contribution in [3.63, 3.8) is 0 Å². The molecule has 0 N–H and O–H groups in total. The van der Waals surface area contributed by atoms with Gasteiger partial charge in [-0.1, -0.05) is 34.6 Å². The number of aromatic nitrogens is 5. The lowest BCUT2D eigenvalue weighted by molar-refractivity contribution is 0.415. The molecule has 0 aliphatic heterocycles. The Morgan fingerprint density at radius 3 is 2.67 bits per heavy atom. The molecule has 0 unspecified atom stereocenters. The number of hydrogen-bond donors (Lipinski definition) is 0. The fraction of sp³-hybridized carbons (Fsp3) is 0.182. The first-order valence-electron chi connectivity index (χ1n) is 9.47. The second-order valence-electron chi connectivity index (χ2n) is 7.06. The van der Waals surface area contributed by atoms with E-state index in [9.17, 15) is 0 Å². The predicted octanol–water partition coefficient (Wildman–Crippen LogP) is 4.85. The molecule has 5 aromatic rings. The van der Waals surface area contributed by atoms with Gasteiger partial charge < -0.3 is 9.26 Å². The van der Waals surface area contributed by atoms with Crippen molar-refractivity contribution >= 4 is 28.3 Å². The molecule has 0 aliphatic rings. The van der Waals surface area contributed by atoms with Crippen LogP contribution < -0.4 is 4.74 Å². The van der Waals surface area contributed by atoms with Crippen molar-refractivity contribution in [1.29, 1.82) is 0 Å². The number of hydrogen-bond acceptors (Lipinski definition) is 7. The first kappa shape index (κ1) is 18.6. The van der Waals surface area contributed by atoms with E-state index in [0.717, 1.165) is 38.6 Å². The SMILES string of the molecule is COc1ccc2c(C)cc3nnc(SCc4noc(-c5ccc(C)cc5)n4)n3c2c1. The molecule has 5 rings (SSSR count). The van der Waals surface area contributed by atoms with Crippen LogP contribution >= 0.6 is 11.8 Å². The van der Waals surface area contributed by atoms with E-state index in [-0.39, 0.29) is 0 Å². The fourth-order valence-electron chi connectivity index (χ4n) is 3.38. The number of methoxy groups -OCH3 is 1. The van der Waals surface area contributed by atoms with E-state index in [1.54, 1.807) is 7.11 Å². The number of benzene rings is 2. The van der Waals surface area contributed by atoms with Crippen molar-refractivity contribution in [2.75, 3.05) is 7.11 Å². The summed E-state index contributed by atoms with van der Waals surface area (Å²) in [5.41, 5.74) is 5.04. The van der Waals surface area contributed by atoms with Gasteiger partial charge in [0.05, 0.1) is 18.4 Å². The van der Waals surface area contributed by atoms with Crippen LogP contribution in [0.5, 0.6) is 5.75 Å². The zero-order valence-corrected chi connectivity index (χ0v) is 17.6. The van der Waals surface area contributed by atoms with Crippen LogP contribution in [-0.4, -0.2) is 31.8 Å². The third-order valence-corrected chi connectivity index (χ3v) is 5.90. The predicted molar refractivity (Wildman–Crippen MR) is 116 cm³/mol. The molecule has 0 atom stereocenters. The van der Waals surface area contributed by atoms with Gasteiger partial charge in [0.25, 0.3) is 5.89 Å². The van der Waals surface area contributed by atoms with E-state index in [0.29, 0.717) is 17.5 Å². The van der Waals surface area contributed by atoms with E-state index in [1.165, 1.54) is 17.3 Å². The first-order valence-corrected chi connectivity index (χ1v) is 10.5. The van der Waals surface area contributed by atoms with Crippen molar-refractivity contribution < 1.29 is 9.26 Å². The van der Waals surface area contributed by atoms with Gasteiger partial charge in [-0.3, -0.25) is 4.40 Å². The molecule has 2 aromatic carbocycles. The third-order valence-electron chi connectivity index (χ3n) is 4.97. The normalized spacial score (nSPS) is 11.4. The van der Waals surface area contributed by atoms with Crippen molar-refractivity contribution in [2.24, 2.45) is 0 Å². The van der Waals surface area contributed by atoms with Gasteiger partial charge in [0, 0.05) is 17.0 Å². The van der Waals surface area contributed by atoms with Crippen LogP contribution in [0.25, 0.3) is 28.0 Å². The molecule has 7 nitrogen and oxygen atoms in total. The van der Waals surface area contributed by atoms with Crippen LogP contribution in [0.15, 0.2) is 58.2 Å². The van der Waals surface area contributed by atoms with Crippen molar-refractivity contribution in [3.8, 4) is 17.2 Å². The van der Waals surface area contributed by atoms with Crippen LogP contribution in [0, 0.1) is 13.8 Å². The number of fused-ring (bicyclic) bond motifs is 3. The van der Waals surface area contributed by atoms with Crippen molar-refractivity contribution in [3.05, 3.63) is 65.5 Å². The Bertz CT molecular complexity index is 1360. The molecule has 0 fully saturated rings. The minimum absolute atomic E-state index is 0.516. The molecule has 0 amide bonds. The summed E-state index contributed by atoms with van der Waals surface area (Å²) in [6.07, 6.45) is 0. The van der Waals surface area contributed by atoms with Gasteiger partial charge in [-0.2, -0.15) is 4.98 Å². The van der Waals surface area contributed by atoms with Crippen LogP contribution in [0.2, 0.25) is 0 Å². The van der Waals surface area contributed by atoms with Gasteiger partial charge in [0.15, 0.2) is 16.6 Å². The quantitative estimate of drug-likeness (QED) is 0.378. The van der Waals surface area contributed by atoms with Crippen molar-refractivity contribution in [2.45, 2.75) is 24.8 Å². The molecule has 150 valence electrons. The third kappa shape index (κ3) is 3.29. The van der Waals surface area contributed by atoms with Crippen LogP contribution in [-0.2, 0) is 5.75 Å². The Balaban J connectivity index is 1.46. The largest absolute Gasteiger partial charge is 0.497 e. The first-order chi connectivity index (χ1) is 14.6. The number of aryl methyl sites for hydroxylation is 2. The summed E-state index contributed by atoms with van der Waals surface area (Å²) in [7, 11) is 1.66. The average Bonchev–Trinajstić information content (AvgIpc) is 3.39. The Morgan fingerprint density at radius 2 is 1.87 bits per heavy atom.